The molecule has 1 amide bonds. The van der Waals surface area contributed by atoms with Gasteiger partial charge in [-0.05, 0) is 30.9 Å². The van der Waals surface area contributed by atoms with Crippen molar-refractivity contribution in [3.8, 4) is 11.1 Å². The van der Waals surface area contributed by atoms with Gasteiger partial charge in [0.1, 0.15) is 10.6 Å². The quantitative estimate of drug-likeness (QED) is 0.665. The van der Waals surface area contributed by atoms with Crippen LogP contribution in [0.15, 0.2) is 41.8 Å². The number of aryl methyl sites for hydroxylation is 2. The average molecular weight is 371 g/mol. The van der Waals surface area contributed by atoms with Gasteiger partial charge in [-0.1, -0.05) is 35.9 Å². The number of hydrogen-bond acceptors (Lipinski definition) is 4. The Morgan fingerprint density at radius 3 is 2.44 bits per heavy atom. The molecule has 2 aromatic heterocycles. The number of carboxylic acid groups (broad SMARTS) is 1. The SMILES string of the molecule is Cc1ccc(-c2c(C)sc(NC(=O)Cc3cccs3)c2C(=O)O)cc1. The molecule has 25 heavy (non-hydrogen) atoms. The molecule has 4 nitrogen and oxygen atoms in total. The van der Waals surface area contributed by atoms with Gasteiger partial charge in [-0.25, -0.2) is 4.79 Å². The minimum absolute atomic E-state index is 0.158. The average Bonchev–Trinajstić information content (AvgIpc) is 3.16. The third-order valence-corrected chi connectivity index (χ3v) is 5.70. The molecule has 0 atom stereocenters. The maximum atomic E-state index is 12.3. The van der Waals surface area contributed by atoms with E-state index in [4.69, 9.17) is 0 Å². The number of carboxylic acids is 1. The summed E-state index contributed by atoms with van der Waals surface area (Å²) in [7, 11) is 0. The molecule has 1 aromatic carbocycles. The lowest BCUT2D eigenvalue weighted by Gasteiger charge is -2.06. The monoisotopic (exact) mass is 371 g/mol. The van der Waals surface area contributed by atoms with Crippen molar-refractivity contribution < 1.29 is 14.7 Å². The molecule has 0 saturated carbocycles. The first-order valence-corrected chi connectivity index (χ1v) is 9.41. The summed E-state index contributed by atoms with van der Waals surface area (Å²) in [5.74, 6) is -1.24. The molecular weight excluding hydrogens is 354 g/mol. The highest BCUT2D eigenvalue weighted by molar-refractivity contribution is 7.17. The van der Waals surface area contributed by atoms with Gasteiger partial charge in [0.25, 0.3) is 0 Å². The highest BCUT2D eigenvalue weighted by atomic mass is 32.1. The summed E-state index contributed by atoms with van der Waals surface area (Å²) < 4.78 is 0. The lowest BCUT2D eigenvalue weighted by molar-refractivity contribution is -0.115. The van der Waals surface area contributed by atoms with E-state index in [9.17, 15) is 14.7 Å². The third kappa shape index (κ3) is 3.81. The van der Waals surface area contributed by atoms with Gasteiger partial charge in [-0.3, -0.25) is 4.79 Å². The maximum Gasteiger partial charge on any atom is 0.339 e. The highest BCUT2D eigenvalue weighted by Gasteiger charge is 2.24. The molecule has 0 bridgehead atoms. The van der Waals surface area contributed by atoms with Crippen LogP contribution < -0.4 is 5.32 Å². The number of rotatable bonds is 5. The highest BCUT2D eigenvalue weighted by Crippen LogP contribution is 2.40. The number of benzene rings is 1. The molecule has 0 saturated heterocycles. The Kier molecular flexibility index (Phi) is 5.01. The van der Waals surface area contributed by atoms with Gasteiger partial charge in [-0.2, -0.15) is 0 Å². The fourth-order valence-electron chi connectivity index (χ4n) is 2.65. The summed E-state index contributed by atoms with van der Waals surface area (Å²) in [5.41, 5.74) is 2.78. The third-order valence-electron chi connectivity index (χ3n) is 3.81. The molecule has 128 valence electrons. The number of anilines is 1. The number of carbonyl (C=O) groups excluding carboxylic acids is 1. The Labute approximate surface area is 153 Å². The van der Waals surface area contributed by atoms with E-state index in [1.807, 2.05) is 55.6 Å². The van der Waals surface area contributed by atoms with Crippen molar-refractivity contribution in [2.45, 2.75) is 20.3 Å². The van der Waals surface area contributed by atoms with Crippen molar-refractivity contribution in [2.24, 2.45) is 0 Å². The molecular formula is C19H17NO3S2. The Morgan fingerprint density at radius 1 is 1.12 bits per heavy atom. The fraction of sp³-hybridized carbons (Fsp3) is 0.158. The van der Waals surface area contributed by atoms with E-state index in [1.165, 1.54) is 22.7 Å². The molecule has 2 heterocycles. The molecule has 0 radical (unpaired) electrons. The summed E-state index contributed by atoms with van der Waals surface area (Å²) >= 11 is 2.81. The van der Waals surface area contributed by atoms with Gasteiger partial charge in [0.2, 0.25) is 5.91 Å². The molecule has 3 rings (SSSR count). The van der Waals surface area contributed by atoms with Crippen molar-refractivity contribution in [1.29, 1.82) is 0 Å². The van der Waals surface area contributed by atoms with Gasteiger partial charge < -0.3 is 10.4 Å². The Bertz CT molecular complexity index is 909. The van der Waals surface area contributed by atoms with E-state index in [1.54, 1.807) is 0 Å². The predicted octanol–water partition coefficient (Wildman–Crippen LogP) is 4.97. The van der Waals surface area contributed by atoms with Gasteiger partial charge in [0, 0.05) is 15.3 Å². The van der Waals surface area contributed by atoms with E-state index < -0.39 is 5.97 Å². The first-order valence-electron chi connectivity index (χ1n) is 7.71. The Morgan fingerprint density at radius 2 is 1.84 bits per heavy atom. The zero-order chi connectivity index (χ0) is 18.0. The van der Waals surface area contributed by atoms with E-state index in [0.29, 0.717) is 10.6 Å². The first-order chi connectivity index (χ1) is 12.0. The number of carbonyl (C=O) groups is 2. The lowest BCUT2D eigenvalue weighted by Crippen LogP contribution is -2.15. The number of thiophene rings is 2. The van der Waals surface area contributed by atoms with E-state index in [0.717, 1.165) is 20.9 Å². The summed E-state index contributed by atoms with van der Waals surface area (Å²) in [4.78, 5) is 25.9. The minimum atomic E-state index is -1.04. The van der Waals surface area contributed by atoms with Gasteiger partial charge >= 0.3 is 5.97 Å². The van der Waals surface area contributed by atoms with Gasteiger partial charge in [-0.15, -0.1) is 22.7 Å². The van der Waals surface area contributed by atoms with Crippen LogP contribution in [0.25, 0.3) is 11.1 Å². The van der Waals surface area contributed by atoms with Crippen molar-refractivity contribution in [1.82, 2.24) is 0 Å². The van der Waals surface area contributed by atoms with Gasteiger partial charge in [0.15, 0.2) is 0 Å². The summed E-state index contributed by atoms with van der Waals surface area (Å²) in [6.07, 6.45) is 0.244. The summed E-state index contributed by atoms with van der Waals surface area (Å²) in [5, 5.41) is 14.8. The summed E-state index contributed by atoms with van der Waals surface area (Å²) in [6.45, 7) is 3.86. The first kappa shape index (κ1) is 17.4. The second-order valence-electron chi connectivity index (χ2n) is 5.71. The standard InChI is InChI=1S/C19H17NO3S2/c1-11-5-7-13(8-6-11)16-12(2)25-18(17(16)19(22)23)20-15(21)10-14-4-3-9-24-14/h3-9H,10H2,1-2H3,(H,20,21)(H,22,23). The van der Waals surface area contributed by atoms with Crippen LogP contribution in [0.4, 0.5) is 5.00 Å². The van der Waals surface area contributed by atoms with E-state index in [2.05, 4.69) is 5.32 Å². The zero-order valence-electron chi connectivity index (χ0n) is 13.8. The molecule has 0 aliphatic carbocycles. The second kappa shape index (κ2) is 7.21. The molecule has 2 N–H and O–H groups in total. The minimum Gasteiger partial charge on any atom is -0.478 e. The molecule has 0 aliphatic rings. The summed E-state index contributed by atoms with van der Waals surface area (Å²) in [6, 6.07) is 11.5. The number of aromatic carboxylic acids is 1. The molecule has 6 heteroatoms. The van der Waals surface area contributed by atoms with E-state index >= 15 is 0 Å². The van der Waals surface area contributed by atoms with Crippen LogP contribution in [0.1, 0.15) is 25.7 Å². The van der Waals surface area contributed by atoms with Crippen LogP contribution in [-0.2, 0) is 11.2 Å². The number of nitrogens with one attached hydrogen (secondary N) is 1. The topological polar surface area (TPSA) is 66.4 Å². The maximum absolute atomic E-state index is 12.3. The lowest BCUT2D eigenvalue weighted by atomic mass is 10.0. The largest absolute Gasteiger partial charge is 0.478 e. The van der Waals surface area contributed by atoms with Crippen LogP contribution in [0.5, 0.6) is 0 Å². The van der Waals surface area contributed by atoms with Crippen molar-refractivity contribution in [2.75, 3.05) is 5.32 Å². The smallest absolute Gasteiger partial charge is 0.339 e. The Balaban J connectivity index is 1.94. The van der Waals surface area contributed by atoms with Crippen molar-refractivity contribution in [3.63, 3.8) is 0 Å². The van der Waals surface area contributed by atoms with E-state index in [-0.39, 0.29) is 17.9 Å². The molecule has 0 spiro atoms. The van der Waals surface area contributed by atoms with Crippen molar-refractivity contribution in [3.05, 3.63) is 62.7 Å². The van der Waals surface area contributed by atoms with Crippen LogP contribution in [0.3, 0.4) is 0 Å². The number of amides is 1. The predicted molar refractivity (Wildman–Crippen MR) is 103 cm³/mol. The van der Waals surface area contributed by atoms with Crippen molar-refractivity contribution >= 4 is 39.6 Å². The molecule has 3 aromatic rings. The van der Waals surface area contributed by atoms with Crippen LogP contribution >= 0.6 is 22.7 Å². The zero-order valence-corrected chi connectivity index (χ0v) is 15.5. The second-order valence-corrected chi connectivity index (χ2v) is 7.97. The fourth-order valence-corrected chi connectivity index (χ4v) is 4.43. The van der Waals surface area contributed by atoms with Crippen LogP contribution in [0.2, 0.25) is 0 Å². The molecule has 0 fully saturated rings. The van der Waals surface area contributed by atoms with Crippen LogP contribution in [-0.4, -0.2) is 17.0 Å². The Hall–Kier alpha value is -2.44. The van der Waals surface area contributed by atoms with Gasteiger partial charge in [0.05, 0.1) is 6.42 Å². The van der Waals surface area contributed by atoms with Crippen LogP contribution in [0, 0.1) is 13.8 Å². The normalized spacial score (nSPS) is 10.6. The molecule has 0 unspecified atom stereocenters. The molecule has 0 aliphatic heterocycles. The number of hydrogen-bond donors (Lipinski definition) is 2.